The molecule has 21 heavy (non-hydrogen) atoms. The molecule has 1 unspecified atom stereocenters. The van der Waals surface area contributed by atoms with Crippen LogP contribution in [0.4, 0.5) is 0 Å². The van der Waals surface area contributed by atoms with E-state index in [1.165, 1.54) is 0 Å². The second-order valence-electron chi connectivity index (χ2n) is 6.48. The lowest BCUT2D eigenvalue weighted by atomic mass is 9.96. The van der Waals surface area contributed by atoms with E-state index >= 15 is 0 Å². The SMILES string of the molecule is CC(C)S(=O)(=O)N1CCCC(Cc2nc(C3CC3)no2)C1. The Morgan fingerprint density at radius 3 is 2.76 bits per heavy atom. The third kappa shape index (κ3) is 3.29. The zero-order chi connectivity index (χ0) is 15.0. The molecule has 2 fully saturated rings. The van der Waals surface area contributed by atoms with Crippen LogP contribution in [-0.2, 0) is 16.4 Å². The predicted molar refractivity (Wildman–Crippen MR) is 78.3 cm³/mol. The van der Waals surface area contributed by atoms with Gasteiger partial charge in [0, 0.05) is 25.4 Å². The number of piperidine rings is 1. The fourth-order valence-electron chi connectivity index (χ4n) is 2.83. The topological polar surface area (TPSA) is 76.3 Å². The Bertz CT molecular complexity index is 592. The molecule has 0 spiro atoms. The molecule has 0 amide bonds. The summed E-state index contributed by atoms with van der Waals surface area (Å²) >= 11 is 0. The molecule has 1 aromatic rings. The van der Waals surface area contributed by atoms with Crippen molar-refractivity contribution in [3.05, 3.63) is 11.7 Å². The predicted octanol–water partition coefficient (Wildman–Crippen LogP) is 1.94. The zero-order valence-corrected chi connectivity index (χ0v) is 13.5. The van der Waals surface area contributed by atoms with E-state index in [0.29, 0.717) is 31.3 Å². The molecule has 1 atom stereocenters. The molecule has 3 rings (SSSR count). The van der Waals surface area contributed by atoms with Crippen LogP contribution in [0.3, 0.4) is 0 Å². The van der Waals surface area contributed by atoms with Crippen LogP contribution in [0.2, 0.25) is 0 Å². The Morgan fingerprint density at radius 1 is 1.33 bits per heavy atom. The number of hydrogen-bond donors (Lipinski definition) is 0. The van der Waals surface area contributed by atoms with Gasteiger partial charge >= 0.3 is 0 Å². The average molecular weight is 313 g/mol. The summed E-state index contributed by atoms with van der Waals surface area (Å²) in [5.74, 6) is 2.25. The molecule has 0 radical (unpaired) electrons. The first-order chi connectivity index (χ1) is 9.96. The van der Waals surface area contributed by atoms with Crippen molar-refractivity contribution in [2.24, 2.45) is 5.92 Å². The molecule has 1 saturated heterocycles. The van der Waals surface area contributed by atoms with Gasteiger partial charge in [-0.05, 0) is 45.4 Å². The van der Waals surface area contributed by atoms with Gasteiger partial charge in [0.1, 0.15) is 0 Å². The molecule has 1 saturated carbocycles. The maximum atomic E-state index is 12.3. The van der Waals surface area contributed by atoms with E-state index in [9.17, 15) is 8.42 Å². The smallest absolute Gasteiger partial charge is 0.226 e. The second kappa shape index (κ2) is 5.68. The molecule has 2 heterocycles. The van der Waals surface area contributed by atoms with E-state index < -0.39 is 10.0 Å². The van der Waals surface area contributed by atoms with E-state index in [1.54, 1.807) is 18.2 Å². The Morgan fingerprint density at radius 2 is 2.10 bits per heavy atom. The first kappa shape index (κ1) is 15.0. The van der Waals surface area contributed by atoms with E-state index in [1.807, 2.05) is 0 Å². The highest BCUT2D eigenvalue weighted by atomic mass is 32.2. The molecule has 0 N–H and O–H groups in total. The standard InChI is InChI=1S/C14H23N3O3S/c1-10(2)21(18,19)17-7-3-4-11(9-17)8-13-15-14(16-20-13)12-5-6-12/h10-12H,3-9H2,1-2H3. The zero-order valence-electron chi connectivity index (χ0n) is 12.7. The molecule has 0 bridgehead atoms. The normalized spacial score (nSPS) is 24.6. The van der Waals surface area contributed by atoms with Crippen LogP contribution >= 0.6 is 0 Å². The van der Waals surface area contributed by atoms with Crippen molar-refractivity contribution in [1.29, 1.82) is 0 Å². The Hall–Kier alpha value is -0.950. The van der Waals surface area contributed by atoms with Crippen LogP contribution in [0.5, 0.6) is 0 Å². The summed E-state index contributed by atoms with van der Waals surface area (Å²) < 4.78 is 31.5. The quantitative estimate of drug-likeness (QED) is 0.830. The Kier molecular flexibility index (Phi) is 4.05. The minimum absolute atomic E-state index is 0.278. The van der Waals surface area contributed by atoms with Gasteiger partial charge in [0.2, 0.25) is 15.9 Å². The highest BCUT2D eigenvalue weighted by Crippen LogP contribution is 2.38. The molecular weight excluding hydrogens is 290 g/mol. The summed E-state index contributed by atoms with van der Waals surface area (Å²) in [6.07, 6.45) is 4.92. The summed E-state index contributed by atoms with van der Waals surface area (Å²) in [5, 5.41) is 3.66. The number of rotatable bonds is 5. The van der Waals surface area contributed by atoms with Gasteiger partial charge in [-0.1, -0.05) is 5.16 Å². The first-order valence-corrected chi connectivity index (χ1v) is 9.28. The van der Waals surface area contributed by atoms with Crippen molar-refractivity contribution < 1.29 is 12.9 Å². The van der Waals surface area contributed by atoms with Crippen LogP contribution < -0.4 is 0 Å². The van der Waals surface area contributed by atoms with Gasteiger partial charge in [0.05, 0.1) is 5.25 Å². The van der Waals surface area contributed by atoms with Crippen molar-refractivity contribution in [2.45, 2.75) is 57.1 Å². The van der Waals surface area contributed by atoms with Gasteiger partial charge in [-0.15, -0.1) is 0 Å². The largest absolute Gasteiger partial charge is 0.339 e. The minimum atomic E-state index is -3.16. The monoisotopic (exact) mass is 313 g/mol. The van der Waals surface area contributed by atoms with E-state index in [0.717, 1.165) is 31.5 Å². The van der Waals surface area contributed by atoms with E-state index in [4.69, 9.17) is 4.52 Å². The number of aromatic nitrogens is 2. The first-order valence-electron chi connectivity index (χ1n) is 7.78. The fraction of sp³-hybridized carbons (Fsp3) is 0.857. The molecule has 1 aliphatic carbocycles. The van der Waals surface area contributed by atoms with Crippen molar-refractivity contribution in [1.82, 2.24) is 14.4 Å². The Labute approximate surface area is 126 Å². The lowest BCUT2D eigenvalue weighted by Crippen LogP contribution is -2.43. The third-order valence-electron chi connectivity index (χ3n) is 4.33. The van der Waals surface area contributed by atoms with Crippen molar-refractivity contribution in [2.75, 3.05) is 13.1 Å². The van der Waals surface area contributed by atoms with Crippen LogP contribution in [0, 0.1) is 5.92 Å². The number of nitrogens with zero attached hydrogens (tertiary/aromatic N) is 3. The molecular formula is C14H23N3O3S. The fourth-order valence-corrected chi connectivity index (χ4v) is 4.23. The second-order valence-corrected chi connectivity index (χ2v) is 8.97. The molecule has 6 nitrogen and oxygen atoms in total. The summed E-state index contributed by atoms with van der Waals surface area (Å²) in [7, 11) is -3.16. The van der Waals surface area contributed by atoms with Crippen molar-refractivity contribution in [3.8, 4) is 0 Å². The van der Waals surface area contributed by atoms with Gasteiger partial charge in [0.25, 0.3) is 0 Å². The number of hydrogen-bond acceptors (Lipinski definition) is 5. The van der Waals surface area contributed by atoms with Crippen LogP contribution in [0.1, 0.15) is 57.2 Å². The van der Waals surface area contributed by atoms with E-state index in [2.05, 4.69) is 10.1 Å². The van der Waals surface area contributed by atoms with Crippen LogP contribution in [0.25, 0.3) is 0 Å². The van der Waals surface area contributed by atoms with Gasteiger partial charge in [-0.25, -0.2) is 12.7 Å². The summed E-state index contributed by atoms with van der Waals surface area (Å²) in [6.45, 7) is 4.67. The molecule has 2 aliphatic rings. The summed E-state index contributed by atoms with van der Waals surface area (Å²) in [6, 6.07) is 0. The third-order valence-corrected chi connectivity index (χ3v) is 6.57. The van der Waals surface area contributed by atoms with E-state index in [-0.39, 0.29) is 11.2 Å². The Balaban J connectivity index is 1.62. The highest BCUT2D eigenvalue weighted by Gasteiger charge is 2.33. The van der Waals surface area contributed by atoms with Crippen molar-refractivity contribution in [3.63, 3.8) is 0 Å². The highest BCUT2D eigenvalue weighted by molar-refractivity contribution is 7.89. The van der Waals surface area contributed by atoms with Gasteiger partial charge < -0.3 is 4.52 Å². The molecule has 118 valence electrons. The number of sulfonamides is 1. The summed E-state index contributed by atoms with van der Waals surface area (Å²) in [5.41, 5.74) is 0. The molecule has 1 aromatic heterocycles. The van der Waals surface area contributed by atoms with Crippen LogP contribution in [-0.4, -0.2) is 41.2 Å². The lowest BCUT2D eigenvalue weighted by Gasteiger charge is -2.32. The maximum Gasteiger partial charge on any atom is 0.226 e. The van der Waals surface area contributed by atoms with Gasteiger partial charge in [-0.2, -0.15) is 4.98 Å². The molecule has 1 aliphatic heterocycles. The van der Waals surface area contributed by atoms with Crippen LogP contribution in [0.15, 0.2) is 4.52 Å². The maximum absolute atomic E-state index is 12.3. The molecule has 7 heteroatoms. The lowest BCUT2D eigenvalue weighted by molar-refractivity contribution is 0.245. The van der Waals surface area contributed by atoms with Crippen molar-refractivity contribution >= 4 is 10.0 Å². The summed E-state index contributed by atoms with van der Waals surface area (Å²) in [4.78, 5) is 4.44. The van der Waals surface area contributed by atoms with Gasteiger partial charge in [-0.3, -0.25) is 0 Å². The average Bonchev–Trinajstić information content (AvgIpc) is 3.20. The minimum Gasteiger partial charge on any atom is -0.339 e. The molecule has 0 aromatic carbocycles. The van der Waals surface area contributed by atoms with Gasteiger partial charge in [0.15, 0.2) is 5.82 Å².